The zero-order valence-electron chi connectivity index (χ0n) is 6.36. The van der Waals surface area contributed by atoms with Gasteiger partial charge in [0.1, 0.15) is 0 Å². The van der Waals surface area contributed by atoms with Crippen molar-refractivity contribution in [3.8, 4) is 0 Å². The van der Waals surface area contributed by atoms with Gasteiger partial charge >= 0.3 is 13.1 Å². The summed E-state index contributed by atoms with van der Waals surface area (Å²) in [6.45, 7) is 2.08. The van der Waals surface area contributed by atoms with Crippen molar-refractivity contribution in [1.82, 2.24) is 0 Å². The average molecular weight is 158 g/mol. The summed E-state index contributed by atoms with van der Waals surface area (Å²) in [5.41, 5.74) is 0. The summed E-state index contributed by atoms with van der Waals surface area (Å²) in [4.78, 5) is 10.9. The summed E-state index contributed by atoms with van der Waals surface area (Å²) < 4.78 is 4.69. The van der Waals surface area contributed by atoms with Gasteiger partial charge in [-0.05, 0) is 13.3 Å². The Bertz CT molecular complexity index is 159. The van der Waals surface area contributed by atoms with E-state index >= 15 is 0 Å². The van der Waals surface area contributed by atoms with Crippen molar-refractivity contribution in [2.45, 2.75) is 19.2 Å². The van der Waals surface area contributed by atoms with Crippen LogP contribution in [-0.4, -0.2) is 29.7 Å². The van der Waals surface area contributed by atoms with Gasteiger partial charge in [-0.15, -0.1) is 0 Å². The topological polar surface area (TPSA) is 66.8 Å². The zero-order chi connectivity index (χ0) is 8.43. The van der Waals surface area contributed by atoms with Crippen molar-refractivity contribution in [3.63, 3.8) is 0 Å². The second-order valence-corrected chi connectivity index (χ2v) is 2.67. The monoisotopic (exact) mass is 158 g/mol. The van der Waals surface area contributed by atoms with E-state index in [4.69, 9.17) is 10.0 Å². The molecule has 0 aromatic rings. The molecule has 1 fully saturated rings. The minimum absolute atomic E-state index is 0.282. The maximum atomic E-state index is 10.9. The largest absolute Gasteiger partial charge is 0.466 e. The van der Waals surface area contributed by atoms with Crippen LogP contribution in [0.1, 0.15) is 13.3 Å². The van der Waals surface area contributed by atoms with Crippen LogP contribution in [0.5, 0.6) is 0 Å². The van der Waals surface area contributed by atoms with E-state index < -0.39 is 7.12 Å². The third kappa shape index (κ3) is 1.94. The van der Waals surface area contributed by atoms with Crippen LogP contribution in [0, 0.1) is 5.92 Å². The summed E-state index contributed by atoms with van der Waals surface area (Å²) in [5, 5.41) is 17.3. The number of esters is 1. The second kappa shape index (κ2) is 3.23. The van der Waals surface area contributed by atoms with Crippen molar-refractivity contribution < 1.29 is 19.6 Å². The molecular weight excluding hydrogens is 147 g/mol. The zero-order valence-corrected chi connectivity index (χ0v) is 6.36. The van der Waals surface area contributed by atoms with Crippen molar-refractivity contribution in [3.05, 3.63) is 0 Å². The summed E-state index contributed by atoms with van der Waals surface area (Å²) >= 11 is 0. The van der Waals surface area contributed by atoms with E-state index in [9.17, 15) is 4.79 Å². The van der Waals surface area contributed by atoms with Crippen LogP contribution in [-0.2, 0) is 9.53 Å². The SMILES string of the molecule is CCOC(=O)[C@@H]1C[C@H]1B(O)O. The molecule has 4 nitrogen and oxygen atoms in total. The number of carbonyl (C=O) groups excluding carboxylic acids is 1. The Morgan fingerprint density at radius 2 is 2.36 bits per heavy atom. The molecule has 2 N–H and O–H groups in total. The molecule has 0 amide bonds. The molecule has 1 aliphatic rings. The lowest BCUT2D eigenvalue weighted by atomic mass is 9.82. The lowest BCUT2D eigenvalue weighted by Crippen LogP contribution is -2.15. The number of hydrogen-bond acceptors (Lipinski definition) is 4. The van der Waals surface area contributed by atoms with Crippen LogP contribution in [0.15, 0.2) is 0 Å². The smallest absolute Gasteiger partial charge is 0.455 e. The lowest BCUT2D eigenvalue weighted by Gasteiger charge is -1.99. The molecule has 0 unspecified atom stereocenters. The van der Waals surface area contributed by atoms with Gasteiger partial charge in [-0.2, -0.15) is 0 Å². The van der Waals surface area contributed by atoms with E-state index in [-0.39, 0.29) is 17.7 Å². The third-order valence-electron chi connectivity index (χ3n) is 1.81. The Labute approximate surface area is 65.3 Å². The molecule has 0 aromatic carbocycles. The molecule has 0 heterocycles. The maximum absolute atomic E-state index is 10.9. The van der Waals surface area contributed by atoms with E-state index in [1.165, 1.54) is 0 Å². The van der Waals surface area contributed by atoms with E-state index in [0.717, 1.165) is 0 Å². The van der Waals surface area contributed by atoms with Gasteiger partial charge in [0.25, 0.3) is 0 Å². The Kier molecular flexibility index (Phi) is 2.51. The van der Waals surface area contributed by atoms with E-state index in [1.807, 2.05) is 0 Å². The number of hydrogen-bond donors (Lipinski definition) is 2. The van der Waals surface area contributed by atoms with Gasteiger partial charge in [0.05, 0.1) is 12.5 Å². The van der Waals surface area contributed by atoms with Crippen LogP contribution < -0.4 is 0 Å². The third-order valence-corrected chi connectivity index (χ3v) is 1.81. The van der Waals surface area contributed by atoms with Crippen LogP contribution in [0.25, 0.3) is 0 Å². The highest BCUT2D eigenvalue weighted by Gasteiger charge is 2.50. The average Bonchev–Trinajstić information content (AvgIpc) is 2.65. The Hall–Kier alpha value is -0.545. The molecule has 2 atom stereocenters. The van der Waals surface area contributed by atoms with Crippen LogP contribution in [0.3, 0.4) is 0 Å². The fraction of sp³-hybridized carbons (Fsp3) is 0.833. The minimum atomic E-state index is -1.37. The molecule has 1 rings (SSSR count). The maximum Gasteiger partial charge on any atom is 0.455 e. The molecule has 0 saturated heterocycles. The van der Waals surface area contributed by atoms with E-state index in [0.29, 0.717) is 13.0 Å². The molecule has 0 aliphatic heterocycles. The van der Waals surface area contributed by atoms with Gasteiger partial charge in [0, 0.05) is 5.82 Å². The molecule has 62 valence electrons. The van der Waals surface area contributed by atoms with Crippen molar-refractivity contribution >= 4 is 13.1 Å². The summed E-state index contributed by atoms with van der Waals surface area (Å²) in [6.07, 6.45) is 0.538. The van der Waals surface area contributed by atoms with Gasteiger partial charge in [-0.25, -0.2) is 0 Å². The molecule has 0 radical (unpaired) electrons. The van der Waals surface area contributed by atoms with Gasteiger partial charge in [0.2, 0.25) is 0 Å². The van der Waals surface area contributed by atoms with Gasteiger partial charge in [0.15, 0.2) is 0 Å². The number of ether oxygens (including phenoxy) is 1. The number of carbonyl (C=O) groups is 1. The van der Waals surface area contributed by atoms with Crippen molar-refractivity contribution in [2.24, 2.45) is 5.92 Å². The molecule has 0 aromatic heterocycles. The Morgan fingerprint density at radius 1 is 1.73 bits per heavy atom. The quantitative estimate of drug-likeness (QED) is 0.425. The molecule has 0 bridgehead atoms. The van der Waals surface area contributed by atoms with Crippen LogP contribution >= 0.6 is 0 Å². The summed E-state index contributed by atoms with van der Waals surface area (Å²) in [5.74, 6) is -0.894. The first-order valence-electron chi connectivity index (χ1n) is 3.69. The molecule has 5 heteroatoms. The standard InChI is InChI=1S/C6H11BO4/c1-2-11-6(8)4-3-5(4)7(9)10/h4-5,9-10H,2-3H2,1H3/t4-,5-/m1/s1. The summed E-state index contributed by atoms with van der Waals surface area (Å²) in [6, 6.07) is 0. The second-order valence-electron chi connectivity index (χ2n) is 2.67. The first kappa shape index (κ1) is 8.55. The van der Waals surface area contributed by atoms with Gasteiger partial charge in [-0.3, -0.25) is 4.79 Å². The predicted molar refractivity (Wildman–Crippen MR) is 38.7 cm³/mol. The number of rotatable bonds is 3. The predicted octanol–water partition coefficient (Wildman–Crippen LogP) is -0.588. The molecular formula is C6H11BO4. The highest BCUT2D eigenvalue weighted by Crippen LogP contribution is 2.46. The fourth-order valence-corrected chi connectivity index (χ4v) is 1.06. The molecule has 0 spiro atoms. The van der Waals surface area contributed by atoms with Gasteiger partial charge in [-0.1, -0.05) is 0 Å². The van der Waals surface area contributed by atoms with Crippen molar-refractivity contribution in [1.29, 1.82) is 0 Å². The normalized spacial score (nSPS) is 27.9. The minimum Gasteiger partial charge on any atom is -0.466 e. The molecule has 1 aliphatic carbocycles. The van der Waals surface area contributed by atoms with Gasteiger partial charge < -0.3 is 14.8 Å². The Morgan fingerprint density at radius 3 is 2.73 bits per heavy atom. The van der Waals surface area contributed by atoms with E-state index in [1.54, 1.807) is 6.92 Å². The lowest BCUT2D eigenvalue weighted by molar-refractivity contribution is -0.144. The Balaban J connectivity index is 2.26. The van der Waals surface area contributed by atoms with E-state index in [2.05, 4.69) is 4.74 Å². The molecule has 11 heavy (non-hydrogen) atoms. The summed E-state index contributed by atoms with van der Waals surface area (Å²) in [7, 11) is -1.37. The first-order chi connectivity index (χ1) is 5.16. The van der Waals surface area contributed by atoms with Crippen LogP contribution in [0.4, 0.5) is 0 Å². The fourth-order valence-electron chi connectivity index (χ4n) is 1.06. The molecule has 1 saturated carbocycles. The highest BCUT2D eigenvalue weighted by atomic mass is 16.5. The highest BCUT2D eigenvalue weighted by molar-refractivity contribution is 6.45. The van der Waals surface area contributed by atoms with Crippen molar-refractivity contribution in [2.75, 3.05) is 6.61 Å². The first-order valence-corrected chi connectivity index (χ1v) is 3.69. The van der Waals surface area contributed by atoms with Crippen LogP contribution in [0.2, 0.25) is 5.82 Å².